The molecule has 2 nitrogen and oxygen atoms in total. The van der Waals surface area contributed by atoms with Crippen LogP contribution in [0, 0.1) is 11.3 Å². The minimum atomic E-state index is -0.307. The summed E-state index contributed by atoms with van der Waals surface area (Å²) in [6, 6.07) is 12.9. The maximum atomic E-state index is 9.69. The minimum absolute atomic E-state index is 0.307. The molecule has 1 fully saturated rings. The molecule has 0 aromatic heterocycles. The van der Waals surface area contributed by atoms with Crippen molar-refractivity contribution in [3.8, 4) is 6.07 Å². The summed E-state index contributed by atoms with van der Waals surface area (Å²) < 4.78 is 0. The molecule has 0 amide bonds. The van der Waals surface area contributed by atoms with E-state index >= 15 is 0 Å². The van der Waals surface area contributed by atoms with Crippen LogP contribution in [0.2, 0.25) is 0 Å². The van der Waals surface area contributed by atoms with Crippen molar-refractivity contribution < 1.29 is 0 Å². The Morgan fingerprint density at radius 1 is 1.16 bits per heavy atom. The molecule has 0 aliphatic carbocycles. The standard InChI is InChI=1S/C17H24N2/c1-2-17(15-18,16-9-5-3-6-10-16)11-14-19-12-7-4-8-13-19/h3,5-6,9-10H,2,4,7-8,11-14H2,1H3/t17-/m0/s1. The SMILES string of the molecule is CC[C@@](C#N)(CCN1CCCCC1)c1ccccc1. The molecule has 0 radical (unpaired) electrons. The molecule has 1 aromatic rings. The van der Waals surface area contributed by atoms with Crippen LogP contribution >= 0.6 is 0 Å². The van der Waals surface area contributed by atoms with Gasteiger partial charge in [0.15, 0.2) is 0 Å². The largest absolute Gasteiger partial charge is 0.303 e. The van der Waals surface area contributed by atoms with Gasteiger partial charge < -0.3 is 4.90 Å². The van der Waals surface area contributed by atoms with E-state index in [1.807, 2.05) is 18.2 Å². The average Bonchev–Trinajstić information content (AvgIpc) is 2.51. The van der Waals surface area contributed by atoms with Crippen LogP contribution in [-0.4, -0.2) is 24.5 Å². The van der Waals surface area contributed by atoms with E-state index in [1.165, 1.54) is 37.9 Å². The highest BCUT2D eigenvalue weighted by Crippen LogP contribution is 2.31. The normalized spacial score (nSPS) is 19.6. The Hall–Kier alpha value is -1.33. The van der Waals surface area contributed by atoms with Gasteiger partial charge in [0.2, 0.25) is 0 Å². The van der Waals surface area contributed by atoms with Crippen molar-refractivity contribution in [1.82, 2.24) is 4.90 Å². The van der Waals surface area contributed by atoms with Crippen LogP contribution in [0.15, 0.2) is 30.3 Å². The summed E-state index contributed by atoms with van der Waals surface area (Å²) in [4.78, 5) is 2.52. The van der Waals surface area contributed by atoms with E-state index in [0.717, 1.165) is 19.4 Å². The van der Waals surface area contributed by atoms with E-state index in [1.54, 1.807) is 0 Å². The van der Waals surface area contributed by atoms with Crippen LogP contribution in [0.4, 0.5) is 0 Å². The third-order valence-corrected chi connectivity index (χ3v) is 4.45. The Labute approximate surface area is 117 Å². The van der Waals surface area contributed by atoms with Gasteiger partial charge in [0.1, 0.15) is 0 Å². The second kappa shape index (κ2) is 6.73. The zero-order valence-corrected chi connectivity index (χ0v) is 11.9. The van der Waals surface area contributed by atoms with E-state index in [0.29, 0.717) is 0 Å². The Kier molecular flexibility index (Phi) is 4.99. The van der Waals surface area contributed by atoms with Gasteiger partial charge in [-0.25, -0.2) is 0 Å². The van der Waals surface area contributed by atoms with Gasteiger partial charge in [-0.15, -0.1) is 0 Å². The van der Waals surface area contributed by atoms with Gasteiger partial charge in [-0.2, -0.15) is 5.26 Å². The first-order valence-electron chi connectivity index (χ1n) is 7.50. The number of hydrogen-bond donors (Lipinski definition) is 0. The van der Waals surface area contributed by atoms with E-state index in [4.69, 9.17) is 0 Å². The predicted octanol–water partition coefficient (Wildman–Crippen LogP) is 3.73. The van der Waals surface area contributed by atoms with Crippen LogP contribution in [0.25, 0.3) is 0 Å². The first-order valence-corrected chi connectivity index (χ1v) is 7.50. The number of nitriles is 1. The molecule has 1 aromatic carbocycles. The van der Waals surface area contributed by atoms with Crippen molar-refractivity contribution in [2.75, 3.05) is 19.6 Å². The van der Waals surface area contributed by atoms with Crippen LogP contribution in [0.5, 0.6) is 0 Å². The quantitative estimate of drug-likeness (QED) is 0.802. The van der Waals surface area contributed by atoms with Crippen molar-refractivity contribution in [2.45, 2.75) is 44.4 Å². The fourth-order valence-corrected chi connectivity index (χ4v) is 3.01. The highest BCUT2D eigenvalue weighted by Gasteiger charge is 2.30. The molecule has 0 saturated carbocycles. The van der Waals surface area contributed by atoms with Crippen LogP contribution in [0.1, 0.15) is 44.6 Å². The molecule has 2 heteroatoms. The van der Waals surface area contributed by atoms with Gasteiger partial charge in [-0.05, 0) is 50.9 Å². The molecule has 0 spiro atoms. The summed E-state index contributed by atoms with van der Waals surface area (Å²) in [6.45, 7) is 5.60. The summed E-state index contributed by atoms with van der Waals surface area (Å²) in [5, 5.41) is 9.69. The molecule has 1 atom stereocenters. The van der Waals surface area contributed by atoms with Crippen LogP contribution in [0.3, 0.4) is 0 Å². The summed E-state index contributed by atoms with van der Waals surface area (Å²) in [7, 11) is 0. The first-order chi connectivity index (χ1) is 9.30. The van der Waals surface area contributed by atoms with Gasteiger partial charge in [0, 0.05) is 0 Å². The zero-order valence-electron chi connectivity index (χ0n) is 11.9. The molecule has 1 heterocycles. The van der Waals surface area contributed by atoms with Gasteiger partial charge >= 0.3 is 0 Å². The number of benzene rings is 1. The Morgan fingerprint density at radius 3 is 2.42 bits per heavy atom. The number of hydrogen-bond acceptors (Lipinski definition) is 2. The lowest BCUT2D eigenvalue weighted by atomic mass is 9.76. The van der Waals surface area contributed by atoms with Crippen molar-refractivity contribution in [3.05, 3.63) is 35.9 Å². The second-order valence-corrected chi connectivity index (χ2v) is 5.57. The van der Waals surface area contributed by atoms with Gasteiger partial charge in [0.25, 0.3) is 0 Å². The third-order valence-electron chi connectivity index (χ3n) is 4.45. The van der Waals surface area contributed by atoms with Gasteiger partial charge in [-0.1, -0.05) is 43.7 Å². The summed E-state index contributed by atoms with van der Waals surface area (Å²) in [6.07, 6.45) is 5.84. The fraction of sp³-hybridized carbons (Fsp3) is 0.588. The molecular weight excluding hydrogens is 232 g/mol. The Bertz CT molecular complexity index is 415. The van der Waals surface area contributed by atoms with E-state index in [9.17, 15) is 5.26 Å². The van der Waals surface area contributed by atoms with E-state index in [2.05, 4.69) is 30.0 Å². The van der Waals surface area contributed by atoms with E-state index in [-0.39, 0.29) is 5.41 Å². The molecule has 2 rings (SSSR count). The number of nitrogens with zero attached hydrogens (tertiary/aromatic N) is 2. The van der Waals surface area contributed by atoms with Crippen molar-refractivity contribution in [1.29, 1.82) is 5.26 Å². The average molecular weight is 256 g/mol. The lowest BCUT2D eigenvalue weighted by Gasteiger charge is -2.31. The number of likely N-dealkylation sites (tertiary alicyclic amines) is 1. The number of rotatable bonds is 5. The monoisotopic (exact) mass is 256 g/mol. The summed E-state index contributed by atoms with van der Waals surface area (Å²) in [5.41, 5.74) is 0.871. The van der Waals surface area contributed by atoms with Crippen molar-refractivity contribution >= 4 is 0 Å². The third kappa shape index (κ3) is 3.36. The topological polar surface area (TPSA) is 27.0 Å². The molecule has 102 valence electrons. The zero-order chi connectivity index (χ0) is 13.6. The maximum Gasteiger partial charge on any atom is 0.0831 e. The van der Waals surface area contributed by atoms with Crippen LogP contribution < -0.4 is 0 Å². The summed E-state index contributed by atoms with van der Waals surface area (Å²) in [5.74, 6) is 0. The van der Waals surface area contributed by atoms with Gasteiger partial charge in [0.05, 0.1) is 11.5 Å². The highest BCUT2D eigenvalue weighted by molar-refractivity contribution is 5.32. The highest BCUT2D eigenvalue weighted by atomic mass is 15.1. The lowest BCUT2D eigenvalue weighted by Crippen LogP contribution is -2.35. The molecule has 0 bridgehead atoms. The van der Waals surface area contributed by atoms with Crippen molar-refractivity contribution in [2.24, 2.45) is 0 Å². The molecule has 1 saturated heterocycles. The van der Waals surface area contributed by atoms with Crippen LogP contribution in [-0.2, 0) is 5.41 Å². The summed E-state index contributed by atoms with van der Waals surface area (Å²) >= 11 is 0. The predicted molar refractivity (Wildman–Crippen MR) is 78.9 cm³/mol. The molecule has 0 unspecified atom stereocenters. The molecule has 19 heavy (non-hydrogen) atoms. The van der Waals surface area contributed by atoms with Gasteiger partial charge in [-0.3, -0.25) is 0 Å². The Morgan fingerprint density at radius 2 is 1.84 bits per heavy atom. The second-order valence-electron chi connectivity index (χ2n) is 5.57. The smallest absolute Gasteiger partial charge is 0.0831 e. The molecule has 1 aliphatic rings. The minimum Gasteiger partial charge on any atom is -0.303 e. The fourth-order valence-electron chi connectivity index (χ4n) is 3.01. The Balaban J connectivity index is 2.05. The van der Waals surface area contributed by atoms with Crippen molar-refractivity contribution in [3.63, 3.8) is 0 Å². The molecule has 1 aliphatic heterocycles. The molecule has 0 N–H and O–H groups in total. The first kappa shape index (κ1) is 14.1. The maximum absolute atomic E-state index is 9.69. The van der Waals surface area contributed by atoms with E-state index < -0.39 is 0 Å². The number of piperidine rings is 1. The molecular formula is C17H24N2. The lowest BCUT2D eigenvalue weighted by molar-refractivity contribution is 0.212.